The Bertz CT molecular complexity index is 1020. The van der Waals surface area contributed by atoms with Crippen LogP contribution < -0.4 is 11.4 Å². The first-order valence-corrected chi connectivity index (χ1v) is 12.2. The van der Waals surface area contributed by atoms with Crippen LogP contribution in [-0.2, 0) is 32.0 Å². The Morgan fingerprint density at radius 2 is 1.82 bits per heavy atom. The Hall–Kier alpha value is -1.63. The predicted molar refractivity (Wildman–Crippen MR) is 106 cm³/mol. The summed E-state index contributed by atoms with van der Waals surface area (Å²) < 4.78 is 42.5. The molecular formula is C14H23N3O15P2. The topological polar surface area (TPSA) is 291 Å². The second-order valence-electron chi connectivity index (χ2n) is 6.84. The molecule has 1 aliphatic rings. The first-order valence-electron chi connectivity index (χ1n) is 9.19. The summed E-state index contributed by atoms with van der Waals surface area (Å²) in [6, 6.07) is 1.21. The van der Waals surface area contributed by atoms with Crippen molar-refractivity contribution >= 4 is 27.2 Å². The Kier molecular flexibility index (Phi) is 9.59. The smallest absolute Gasteiger partial charge is 0.388 e. The second kappa shape index (κ2) is 11.4. The molecule has 20 heteroatoms. The third-order valence-corrected chi connectivity index (χ3v) is 6.93. The number of aromatic nitrogens is 2. The molecule has 1 aromatic rings. The van der Waals surface area contributed by atoms with Gasteiger partial charge in [-0.2, -0.15) is 9.29 Å². The molecule has 0 aliphatic carbocycles. The van der Waals surface area contributed by atoms with E-state index in [0.717, 1.165) is 10.8 Å². The number of rotatable bonds is 12. The highest BCUT2D eigenvalue weighted by molar-refractivity contribution is 7.61. The summed E-state index contributed by atoms with van der Waals surface area (Å²) in [7, 11) is -10.8. The lowest BCUT2D eigenvalue weighted by Crippen LogP contribution is -2.38. The van der Waals surface area contributed by atoms with Crippen molar-refractivity contribution in [1.82, 2.24) is 9.55 Å². The third-order valence-electron chi connectivity index (χ3n) is 4.33. The lowest BCUT2D eigenvalue weighted by atomic mass is 10.1. The normalized spacial score (nSPS) is 28.1. The van der Waals surface area contributed by atoms with E-state index >= 15 is 0 Å². The quantitative estimate of drug-likeness (QED) is 0.118. The van der Waals surface area contributed by atoms with E-state index in [9.17, 15) is 48.9 Å². The first-order chi connectivity index (χ1) is 15.7. The molecule has 0 spiro atoms. The van der Waals surface area contributed by atoms with Gasteiger partial charge >= 0.3 is 21.3 Å². The minimum absolute atomic E-state index is 0.120. The maximum absolute atomic E-state index is 12.0. The summed E-state index contributed by atoms with van der Waals surface area (Å²) in [6.07, 6.45) is -9.60. The summed E-state index contributed by atoms with van der Waals surface area (Å²) in [5, 5.41) is 47.6. The summed E-state index contributed by atoms with van der Waals surface area (Å²) in [5.41, 5.74) is 4.43. The molecule has 1 fully saturated rings. The number of carbonyl (C=O) groups excluding carboxylic acids is 1. The molecule has 9 N–H and O–H groups in total. The maximum Gasteiger partial charge on any atom is 0.481 e. The number of hydrogen-bond donors (Lipinski definition) is 8. The van der Waals surface area contributed by atoms with Gasteiger partial charge in [0.15, 0.2) is 12.0 Å². The Labute approximate surface area is 190 Å². The molecule has 1 aliphatic heterocycles. The number of phosphoric acid groups is 2. The first kappa shape index (κ1) is 28.6. The molecule has 1 saturated heterocycles. The molecule has 2 rings (SSSR count). The van der Waals surface area contributed by atoms with Gasteiger partial charge in [-0.1, -0.05) is 0 Å². The number of nitrogens with two attached hydrogens (primary N) is 1. The van der Waals surface area contributed by atoms with E-state index in [1.165, 1.54) is 6.07 Å². The molecule has 8 atom stereocenters. The number of carbonyl (C=O) groups is 1. The van der Waals surface area contributed by atoms with Crippen LogP contribution in [0.5, 0.6) is 0 Å². The van der Waals surface area contributed by atoms with Crippen molar-refractivity contribution in [1.29, 1.82) is 0 Å². The average molecular weight is 535 g/mol. The van der Waals surface area contributed by atoms with Gasteiger partial charge in [0.05, 0.1) is 13.2 Å². The molecule has 34 heavy (non-hydrogen) atoms. The number of Topliss-reactive ketones (excluding diaryl/α,β-unsaturated/α-hetero) is 1. The van der Waals surface area contributed by atoms with Gasteiger partial charge in [0.1, 0.15) is 42.9 Å². The predicted octanol–water partition coefficient (Wildman–Crippen LogP) is -4.02. The standard InChI is InChI=1S/C14H23N3O15P2/c15-9-1-2-17(14(24)16-9)13-12(23)11(22)8(31-13)5-30-34(27,28)32-33(25,26)29-4-7(20)10(21)6(19)3-18/h1-2,7-8,10-13,18,20-23H,3-5H2,(H,25,26)(H,27,28)(H2,15,16,24)/t7-,8-,10-,11-,12-,13-/m1/s1. The zero-order valence-corrected chi connectivity index (χ0v) is 18.8. The van der Waals surface area contributed by atoms with Gasteiger partial charge < -0.3 is 45.8 Å². The van der Waals surface area contributed by atoms with Crippen molar-refractivity contribution in [3.63, 3.8) is 0 Å². The second-order valence-corrected chi connectivity index (χ2v) is 9.88. The lowest BCUT2D eigenvalue weighted by molar-refractivity contribution is -0.137. The summed E-state index contributed by atoms with van der Waals surface area (Å²) in [4.78, 5) is 45.5. The number of hydrogen-bond acceptors (Lipinski definition) is 15. The van der Waals surface area contributed by atoms with E-state index in [0.29, 0.717) is 0 Å². The van der Waals surface area contributed by atoms with Crippen molar-refractivity contribution in [3.05, 3.63) is 22.7 Å². The summed E-state index contributed by atoms with van der Waals surface area (Å²) in [6.45, 7) is -3.34. The van der Waals surface area contributed by atoms with Crippen molar-refractivity contribution in [2.24, 2.45) is 0 Å². The van der Waals surface area contributed by atoms with E-state index < -0.39 is 83.7 Å². The van der Waals surface area contributed by atoms with E-state index in [2.05, 4.69) is 18.3 Å². The fraction of sp³-hybridized carbons (Fsp3) is 0.643. The van der Waals surface area contributed by atoms with Crippen LogP contribution in [0.4, 0.5) is 5.82 Å². The average Bonchev–Trinajstić information content (AvgIpc) is 3.03. The van der Waals surface area contributed by atoms with Gasteiger partial charge in [-0.25, -0.2) is 13.9 Å². The molecule has 1 aromatic heterocycles. The largest absolute Gasteiger partial charge is 0.481 e. The van der Waals surface area contributed by atoms with Crippen LogP contribution in [0.1, 0.15) is 6.23 Å². The maximum atomic E-state index is 12.0. The van der Waals surface area contributed by atoms with Gasteiger partial charge in [0, 0.05) is 6.20 Å². The highest BCUT2D eigenvalue weighted by Gasteiger charge is 2.46. The SMILES string of the molecule is Nc1ccn([C@@H]2O[C@H](COP(=O)(O)OP(=O)(O)OC[C@@H](O)[C@H](O)C(=O)CO)[C@@H](O)[C@H]2O)c(=O)n1. The van der Waals surface area contributed by atoms with Crippen LogP contribution >= 0.6 is 15.6 Å². The molecule has 0 aromatic carbocycles. The van der Waals surface area contributed by atoms with Gasteiger partial charge in [-0.05, 0) is 6.07 Å². The highest BCUT2D eigenvalue weighted by Crippen LogP contribution is 2.60. The van der Waals surface area contributed by atoms with E-state index in [1.807, 2.05) is 0 Å². The number of phosphoric ester groups is 2. The minimum Gasteiger partial charge on any atom is -0.388 e. The van der Waals surface area contributed by atoms with Crippen LogP contribution in [0.2, 0.25) is 0 Å². The molecule has 0 bridgehead atoms. The summed E-state index contributed by atoms with van der Waals surface area (Å²) in [5.74, 6) is -1.35. The Morgan fingerprint density at radius 1 is 1.21 bits per heavy atom. The number of aliphatic hydroxyl groups is 5. The fourth-order valence-electron chi connectivity index (χ4n) is 2.63. The molecule has 2 heterocycles. The number of ether oxygens (including phenoxy) is 1. The van der Waals surface area contributed by atoms with Crippen molar-refractivity contribution in [2.45, 2.75) is 36.7 Å². The minimum atomic E-state index is -5.41. The zero-order chi connectivity index (χ0) is 25.8. The molecule has 0 radical (unpaired) electrons. The molecule has 18 nitrogen and oxygen atoms in total. The molecule has 2 unspecified atom stereocenters. The fourth-order valence-corrected chi connectivity index (χ4v) is 4.73. The summed E-state index contributed by atoms with van der Waals surface area (Å²) >= 11 is 0. The molecule has 0 saturated carbocycles. The molecular weight excluding hydrogens is 512 g/mol. The van der Waals surface area contributed by atoms with Crippen molar-refractivity contribution in [3.8, 4) is 0 Å². The van der Waals surface area contributed by atoms with E-state index in [4.69, 9.17) is 15.6 Å². The zero-order valence-electron chi connectivity index (χ0n) is 17.0. The molecule has 0 amide bonds. The highest BCUT2D eigenvalue weighted by atomic mass is 31.3. The lowest BCUT2D eigenvalue weighted by Gasteiger charge is -2.20. The van der Waals surface area contributed by atoms with Gasteiger partial charge in [0.2, 0.25) is 0 Å². The third kappa shape index (κ3) is 7.43. The Balaban J connectivity index is 1.94. The van der Waals surface area contributed by atoms with Gasteiger partial charge in [0.25, 0.3) is 0 Å². The number of anilines is 1. The van der Waals surface area contributed by atoms with E-state index in [-0.39, 0.29) is 5.82 Å². The van der Waals surface area contributed by atoms with Crippen LogP contribution in [0, 0.1) is 0 Å². The van der Waals surface area contributed by atoms with Crippen molar-refractivity contribution in [2.75, 3.05) is 25.6 Å². The molecule has 194 valence electrons. The van der Waals surface area contributed by atoms with Gasteiger partial charge in [-0.15, -0.1) is 0 Å². The Morgan fingerprint density at radius 3 is 2.41 bits per heavy atom. The van der Waals surface area contributed by atoms with Crippen LogP contribution in [0.3, 0.4) is 0 Å². The number of aliphatic hydroxyl groups excluding tert-OH is 5. The number of nitrogens with zero attached hydrogens (tertiary/aromatic N) is 2. The number of nitrogen functional groups attached to an aromatic ring is 1. The van der Waals surface area contributed by atoms with Crippen LogP contribution in [0.25, 0.3) is 0 Å². The van der Waals surface area contributed by atoms with Crippen LogP contribution in [0.15, 0.2) is 17.1 Å². The monoisotopic (exact) mass is 535 g/mol. The van der Waals surface area contributed by atoms with E-state index in [1.54, 1.807) is 0 Å². The van der Waals surface area contributed by atoms with Crippen molar-refractivity contribution < 1.29 is 67.3 Å². The van der Waals surface area contributed by atoms with Gasteiger partial charge in [-0.3, -0.25) is 18.4 Å². The van der Waals surface area contributed by atoms with Crippen LogP contribution in [-0.4, -0.2) is 101 Å². The number of ketones is 1.